The lowest BCUT2D eigenvalue weighted by Gasteiger charge is -2.31. The summed E-state index contributed by atoms with van der Waals surface area (Å²) >= 11 is 0. The second kappa shape index (κ2) is 8.34. The summed E-state index contributed by atoms with van der Waals surface area (Å²) in [7, 11) is 0. The van der Waals surface area contributed by atoms with Gasteiger partial charge in [-0.15, -0.1) is 5.10 Å². The van der Waals surface area contributed by atoms with E-state index < -0.39 is 29.9 Å². The maximum atomic E-state index is 14.0. The van der Waals surface area contributed by atoms with E-state index in [-0.39, 0.29) is 48.2 Å². The van der Waals surface area contributed by atoms with E-state index in [2.05, 4.69) is 20.2 Å². The lowest BCUT2D eigenvalue weighted by Crippen LogP contribution is -2.34. The van der Waals surface area contributed by atoms with Gasteiger partial charge in [-0.25, -0.2) is 4.68 Å². The van der Waals surface area contributed by atoms with E-state index in [9.17, 15) is 26.3 Å². The van der Waals surface area contributed by atoms with Crippen molar-refractivity contribution >= 4 is 12.0 Å². The molecule has 3 aliphatic heterocycles. The summed E-state index contributed by atoms with van der Waals surface area (Å²) in [5.74, 6) is 0.273. The molecule has 1 saturated carbocycles. The second-order valence-electron chi connectivity index (χ2n) is 11.0. The Hall–Kier alpha value is -3.32. The first-order valence-corrected chi connectivity index (χ1v) is 13.0. The molecule has 3 unspecified atom stereocenters. The maximum Gasteiger partial charge on any atom is 0.416 e. The molecular weight excluding hydrogens is 528 g/mol. The van der Waals surface area contributed by atoms with Gasteiger partial charge in [-0.1, -0.05) is 23.4 Å². The fourth-order valence-electron chi connectivity index (χ4n) is 7.06. The van der Waals surface area contributed by atoms with Crippen LogP contribution in [0.3, 0.4) is 0 Å². The average Bonchev–Trinajstić information content (AvgIpc) is 3.23. The number of aryl methyl sites for hydroxylation is 1. The number of alkyl halides is 6. The largest absolute Gasteiger partial charge is 0.416 e. The van der Waals surface area contributed by atoms with Gasteiger partial charge in [-0.3, -0.25) is 0 Å². The Balaban J connectivity index is 1.22. The van der Waals surface area contributed by atoms with Gasteiger partial charge in [0.05, 0.1) is 17.6 Å². The predicted octanol–water partition coefficient (Wildman–Crippen LogP) is 5.12. The van der Waals surface area contributed by atoms with Crippen LogP contribution in [0, 0.1) is 18.8 Å². The summed E-state index contributed by atoms with van der Waals surface area (Å²) in [5, 5.41) is 8.19. The van der Waals surface area contributed by atoms with Crippen molar-refractivity contribution in [1.29, 1.82) is 0 Å². The van der Waals surface area contributed by atoms with Crippen LogP contribution in [-0.4, -0.2) is 56.3 Å². The SMILES string of the molecule is Cc1noc(N2CC3CC[C@@H]4[C@H]([C@@H]3C2)N4c2nc3n(n2)C(C(F)(F)F)CCC3c2ccccc2C(F)(F)F)n1. The zero-order valence-electron chi connectivity index (χ0n) is 20.8. The molecule has 0 bridgehead atoms. The predicted molar refractivity (Wildman–Crippen MR) is 125 cm³/mol. The zero-order chi connectivity index (χ0) is 27.3. The number of fused-ring (bicyclic) bond motifs is 4. The van der Waals surface area contributed by atoms with E-state index in [0.29, 0.717) is 24.3 Å². The first kappa shape index (κ1) is 24.7. The van der Waals surface area contributed by atoms with E-state index >= 15 is 0 Å². The van der Waals surface area contributed by atoms with E-state index in [1.807, 2.05) is 9.80 Å². The minimum Gasteiger partial charge on any atom is -0.329 e. The van der Waals surface area contributed by atoms with Gasteiger partial charge in [0.2, 0.25) is 5.95 Å². The molecule has 1 aliphatic carbocycles. The second-order valence-corrected chi connectivity index (χ2v) is 11.0. The van der Waals surface area contributed by atoms with Crippen LogP contribution in [0.1, 0.15) is 60.4 Å². The first-order chi connectivity index (χ1) is 18.5. The molecule has 1 aromatic carbocycles. The van der Waals surface area contributed by atoms with E-state index in [1.54, 1.807) is 6.92 Å². The molecule has 39 heavy (non-hydrogen) atoms. The molecule has 208 valence electrons. The fraction of sp³-hybridized carbons (Fsp3) is 0.600. The number of benzene rings is 1. The van der Waals surface area contributed by atoms with Gasteiger partial charge in [-0.2, -0.15) is 36.3 Å². The van der Waals surface area contributed by atoms with E-state index in [4.69, 9.17) is 4.52 Å². The summed E-state index contributed by atoms with van der Waals surface area (Å²) in [6.45, 7) is 3.17. The molecule has 3 aromatic rings. The van der Waals surface area contributed by atoms with Crippen molar-refractivity contribution in [1.82, 2.24) is 24.9 Å². The molecule has 0 spiro atoms. The third-order valence-corrected chi connectivity index (χ3v) is 8.77. The Kier molecular flexibility index (Phi) is 5.28. The highest BCUT2D eigenvalue weighted by Crippen LogP contribution is 2.53. The Morgan fingerprint density at radius 1 is 0.949 bits per heavy atom. The molecule has 5 heterocycles. The van der Waals surface area contributed by atoms with Gasteiger partial charge in [0.15, 0.2) is 5.82 Å². The zero-order valence-corrected chi connectivity index (χ0v) is 20.8. The topological polar surface area (TPSA) is 75.9 Å². The Bertz CT molecular complexity index is 1400. The van der Waals surface area contributed by atoms with Crippen LogP contribution in [0.2, 0.25) is 0 Å². The summed E-state index contributed by atoms with van der Waals surface area (Å²) in [6, 6.07) is 3.70. The molecular formula is C25H25F6N7O. The molecule has 3 fully saturated rings. The van der Waals surface area contributed by atoms with Gasteiger partial charge < -0.3 is 14.3 Å². The third kappa shape index (κ3) is 3.96. The molecule has 4 aliphatic rings. The number of nitrogens with zero attached hydrogens (tertiary/aromatic N) is 7. The summed E-state index contributed by atoms with van der Waals surface area (Å²) in [4.78, 5) is 12.9. The molecule has 2 aromatic heterocycles. The quantitative estimate of drug-likeness (QED) is 0.329. The monoisotopic (exact) mass is 553 g/mol. The van der Waals surface area contributed by atoms with Crippen molar-refractivity contribution in [2.24, 2.45) is 11.8 Å². The molecule has 7 rings (SSSR count). The van der Waals surface area contributed by atoms with Crippen LogP contribution in [0.4, 0.5) is 38.3 Å². The van der Waals surface area contributed by atoms with Crippen LogP contribution < -0.4 is 9.80 Å². The lowest BCUT2D eigenvalue weighted by molar-refractivity contribution is -0.175. The highest BCUT2D eigenvalue weighted by Gasteiger charge is 2.61. The number of hydrogen-bond donors (Lipinski definition) is 0. The average molecular weight is 554 g/mol. The minimum absolute atomic E-state index is 0.0486. The van der Waals surface area contributed by atoms with Gasteiger partial charge in [0, 0.05) is 24.9 Å². The van der Waals surface area contributed by atoms with Crippen molar-refractivity contribution in [3.8, 4) is 0 Å². The molecule has 6 atom stereocenters. The Labute approximate surface area is 219 Å². The third-order valence-electron chi connectivity index (χ3n) is 8.77. The molecule has 0 radical (unpaired) electrons. The summed E-state index contributed by atoms with van der Waals surface area (Å²) in [5.41, 5.74) is -0.933. The van der Waals surface area contributed by atoms with Crippen LogP contribution >= 0.6 is 0 Å². The van der Waals surface area contributed by atoms with Crippen molar-refractivity contribution in [2.45, 2.75) is 69.0 Å². The highest BCUT2D eigenvalue weighted by molar-refractivity contribution is 5.50. The number of hydrogen-bond acceptors (Lipinski definition) is 7. The van der Waals surface area contributed by atoms with Crippen LogP contribution in [0.5, 0.6) is 0 Å². The minimum atomic E-state index is -4.64. The first-order valence-electron chi connectivity index (χ1n) is 13.0. The Morgan fingerprint density at radius 2 is 1.74 bits per heavy atom. The lowest BCUT2D eigenvalue weighted by atomic mass is 9.82. The number of anilines is 2. The van der Waals surface area contributed by atoms with Gasteiger partial charge >= 0.3 is 18.4 Å². The molecule has 0 amide bonds. The molecule has 2 saturated heterocycles. The van der Waals surface area contributed by atoms with E-state index in [1.165, 1.54) is 18.2 Å². The van der Waals surface area contributed by atoms with Crippen LogP contribution in [0.15, 0.2) is 28.8 Å². The number of rotatable bonds is 3. The summed E-state index contributed by atoms with van der Waals surface area (Å²) in [6.07, 6.45) is -7.93. The fourth-order valence-corrected chi connectivity index (χ4v) is 7.06. The highest BCUT2D eigenvalue weighted by atomic mass is 19.4. The normalized spacial score (nSPS) is 30.2. The molecule has 8 nitrogen and oxygen atoms in total. The number of halogens is 6. The van der Waals surface area contributed by atoms with Crippen LogP contribution in [0.25, 0.3) is 0 Å². The van der Waals surface area contributed by atoms with Crippen molar-refractivity contribution in [2.75, 3.05) is 22.9 Å². The van der Waals surface area contributed by atoms with Crippen LogP contribution in [-0.2, 0) is 6.18 Å². The van der Waals surface area contributed by atoms with Gasteiger partial charge in [0.25, 0.3) is 0 Å². The van der Waals surface area contributed by atoms with Crippen molar-refractivity contribution in [3.05, 3.63) is 47.0 Å². The van der Waals surface area contributed by atoms with Crippen molar-refractivity contribution < 1.29 is 30.9 Å². The standard InChI is InChI=1S/C25H25F6N7O/c1-12-32-23(39-35-12)36-10-13-6-8-18-20(16(13)11-36)37(18)22-33-21-15(7-9-19(25(29,30)31)38(21)34-22)14-4-2-3-5-17(14)24(26,27)28/h2-5,13,15-16,18-20H,6-11H2,1H3/t13?,15?,16-,18-,19?,20+,37?/m1/s1. The summed E-state index contributed by atoms with van der Waals surface area (Å²) < 4.78 is 89.7. The molecule has 0 N–H and O–H groups in total. The van der Waals surface area contributed by atoms with Gasteiger partial charge in [0.1, 0.15) is 11.9 Å². The smallest absolute Gasteiger partial charge is 0.329 e. The van der Waals surface area contributed by atoms with Crippen molar-refractivity contribution in [3.63, 3.8) is 0 Å². The molecule has 14 heteroatoms. The maximum absolute atomic E-state index is 14.0. The van der Waals surface area contributed by atoms with E-state index in [0.717, 1.165) is 30.1 Å². The van der Waals surface area contributed by atoms with Gasteiger partial charge in [-0.05, 0) is 50.2 Å². The Morgan fingerprint density at radius 3 is 2.46 bits per heavy atom. The number of aromatic nitrogens is 5.